The number of amides is 2. The maximum Gasteiger partial charge on any atom is 0.264 e. The molecule has 1 N–H and O–H groups in total. The Morgan fingerprint density at radius 3 is 2.13 bits per heavy atom. The first-order valence-electron chi connectivity index (χ1n) is 12.1. The van der Waals surface area contributed by atoms with Crippen LogP contribution in [0.4, 0.5) is 10.1 Å². The number of nitrogens with one attached hydrogen (secondary N) is 1. The zero-order chi connectivity index (χ0) is 28.7. The lowest BCUT2D eigenvalue weighted by Crippen LogP contribution is -2.50. The second kappa shape index (κ2) is 12.6. The monoisotopic (exact) mass is 557 g/mol. The first kappa shape index (κ1) is 29.4. The van der Waals surface area contributed by atoms with Gasteiger partial charge in [-0.05, 0) is 55.8 Å². The number of halogens is 1. The maximum atomic E-state index is 13.9. The van der Waals surface area contributed by atoms with Crippen molar-refractivity contribution in [2.45, 2.75) is 31.3 Å². The van der Waals surface area contributed by atoms with Crippen LogP contribution < -0.4 is 19.1 Å². The third kappa shape index (κ3) is 6.85. The highest BCUT2D eigenvalue weighted by atomic mass is 32.2. The van der Waals surface area contributed by atoms with Gasteiger partial charge in [-0.25, -0.2) is 12.8 Å². The van der Waals surface area contributed by atoms with Gasteiger partial charge in [-0.1, -0.05) is 29.8 Å². The second-order valence-electron chi connectivity index (χ2n) is 8.80. The smallest absolute Gasteiger partial charge is 0.264 e. The summed E-state index contributed by atoms with van der Waals surface area (Å²) in [5, 5.41) is 2.53. The van der Waals surface area contributed by atoms with E-state index in [1.807, 2.05) is 31.2 Å². The largest absolute Gasteiger partial charge is 0.493 e. The molecular weight excluding hydrogens is 525 g/mol. The van der Waals surface area contributed by atoms with E-state index in [-0.39, 0.29) is 22.9 Å². The van der Waals surface area contributed by atoms with E-state index in [0.29, 0.717) is 5.75 Å². The molecule has 3 aromatic rings. The number of ether oxygens (including phenoxy) is 2. The lowest BCUT2D eigenvalue weighted by atomic mass is 10.1. The summed E-state index contributed by atoms with van der Waals surface area (Å²) in [6, 6.07) is 15.3. The molecular formula is C28H32FN3O6S. The summed E-state index contributed by atoms with van der Waals surface area (Å²) < 4.78 is 52.9. The van der Waals surface area contributed by atoms with Crippen LogP contribution in [0.3, 0.4) is 0 Å². The highest BCUT2D eigenvalue weighted by molar-refractivity contribution is 7.92. The number of carbonyl (C=O) groups excluding carboxylic acids is 2. The molecule has 0 aliphatic carbocycles. The Kier molecular flexibility index (Phi) is 9.52. The van der Waals surface area contributed by atoms with Crippen molar-refractivity contribution < 1.29 is 31.9 Å². The summed E-state index contributed by atoms with van der Waals surface area (Å²) in [5.41, 5.74) is 1.86. The van der Waals surface area contributed by atoms with Gasteiger partial charge in [-0.15, -0.1) is 0 Å². The van der Waals surface area contributed by atoms with Gasteiger partial charge in [0.15, 0.2) is 11.5 Å². The Labute approximate surface area is 228 Å². The molecule has 11 heteroatoms. The molecule has 208 valence electrons. The van der Waals surface area contributed by atoms with Crippen molar-refractivity contribution >= 4 is 27.5 Å². The van der Waals surface area contributed by atoms with Gasteiger partial charge in [0, 0.05) is 19.7 Å². The number of hydrogen-bond donors (Lipinski definition) is 1. The molecule has 0 fully saturated rings. The Hall–Kier alpha value is -4.12. The first-order chi connectivity index (χ1) is 18.5. The molecule has 0 spiro atoms. The van der Waals surface area contributed by atoms with Crippen LogP contribution in [-0.2, 0) is 26.2 Å². The SMILES string of the molecule is CNC(=O)[C@@H](C)N(Cc1ccc(C)cc1)C(=O)CN(c1ccc(F)cc1)S(=O)(=O)c1ccc(OC)c(OC)c1. The molecule has 0 radical (unpaired) electrons. The predicted octanol–water partition coefficient (Wildman–Crippen LogP) is 3.51. The summed E-state index contributed by atoms with van der Waals surface area (Å²) >= 11 is 0. The molecule has 0 aliphatic rings. The minimum atomic E-state index is -4.36. The zero-order valence-corrected chi connectivity index (χ0v) is 23.3. The fourth-order valence-electron chi connectivity index (χ4n) is 3.92. The van der Waals surface area contributed by atoms with E-state index in [1.165, 1.54) is 56.5 Å². The number of rotatable bonds is 11. The molecule has 9 nitrogen and oxygen atoms in total. The van der Waals surface area contributed by atoms with Crippen LogP contribution in [0, 0.1) is 12.7 Å². The van der Waals surface area contributed by atoms with Crippen LogP contribution >= 0.6 is 0 Å². The summed E-state index contributed by atoms with van der Waals surface area (Å²) in [6.07, 6.45) is 0. The number of methoxy groups -OCH3 is 2. The van der Waals surface area contributed by atoms with E-state index in [4.69, 9.17) is 9.47 Å². The molecule has 0 bridgehead atoms. The van der Waals surface area contributed by atoms with E-state index < -0.39 is 40.2 Å². The third-order valence-electron chi connectivity index (χ3n) is 6.22. The number of benzene rings is 3. The fourth-order valence-corrected chi connectivity index (χ4v) is 5.35. The van der Waals surface area contributed by atoms with Crippen LogP contribution in [-0.4, -0.2) is 59.0 Å². The van der Waals surface area contributed by atoms with E-state index in [9.17, 15) is 22.4 Å². The summed E-state index contributed by atoms with van der Waals surface area (Å²) in [6.45, 7) is 2.92. The highest BCUT2D eigenvalue weighted by Gasteiger charge is 2.33. The molecule has 3 aromatic carbocycles. The van der Waals surface area contributed by atoms with Crippen molar-refractivity contribution in [1.82, 2.24) is 10.2 Å². The molecule has 39 heavy (non-hydrogen) atoms. The van der Waals surface area contributed by atoms with Gasteiger partial charge in [0.25, 0.3) is 10.0 Å². The standard InChI is InChI=1S/C28H32FN3O6S/c1-19-6-8-21(9-7-19)17-31(20(2)28(34)30-3)27(33)18-32(23-12-10-22(29)11-13-23)39(35,36)24-14-15-25(37-4)26(16-24)38-5/h6-16,20H,17-18H2,1-5H3,(H,30,34)/t20-/m1/s1. The third-order valence-corrected chi connectivity index (χ3v) is 7.99. The quantitative estimate of drug-likeness (QED) is 0.387. The van der Waals surface area contributed by atoms with Crippen LogP contribution in [0.1, 0.15) is 18.1 Å². The lowest BCUT2D eigenvalue weighted by Gasteiger charge is -2.31. The molecule has 2 amide bonds. The number of aryl methyl sites for hydroxylation is 1. The van der Waals surface area contributed by atoms with Crippen molar-refractivity contribution in [2.75, 3.05) is 32.1 Å². The first-order valence-corrected chi connectivity index (χ1v) is 13.5. The van der Waals surface area contributed by atoms with E-state index in [2.05, 4.69) is 5.32 Å². The predicted molar refractivity (Wildman–Crippen MR) is 146 cm³/mol. The number of nitrogens with zero attached hydrogens (tertiary/aromatic N) is 2. The minimum Gasteiger partial charge on any atom is -0.493 e. The number of anilines is 1. The second-order valence-corrected chi connectivity index (χ2v) is 10.7. The summed E-state index contributed by atoms with van der Waals surface area (Å²) in [4.78, 5) is 27.4. The molecule has 0 saturated carbocycles. The van der Waals surface area contributed by atoms with Crippen LogP contribution in [0.5, 0.6) is 11.5 Å². The Morgan fingerprint density at radius 2 is 1.56 bits per heavy atom. The highest BCUT2D eigenvalue weighted by Crippen LogP contribution is 2.32. The molecule has 0 aromatic heterocycles. The normalized spacial score (nSPS) is 11.8. The minimum absolute atomic E-state index is 0.0708. The Bertz CT molecular complexity index is 1410. The van der Waals surface area contributed by atoms with Crippen molar-refractivity contribution in [3.05, 3.63) is 83.7 Å². The number of hydrogen-bond acceptors (Lipinski definition) is 6. The van der Waals surface area contributed by atoms with E-state index in [0.717, 1.165) is 27.6 Å². The van der Waals surface area contributed by atoms with Gasteiger partial charge >= 0.3 is 0 Å². The van der Waals surface area contributed by atoms with Crippen LogP contribution in [0.2, 0.25) is 0 Å². The van der Waals surface area contributed by atoms with Crippen molar-refractivity contribution in [3.63, 3.8) is 0 Å². The fraction of sp³-hybridized carbons (Fsp3) is 0.286. The summed E-state index contributed by atoms with van der Waals surface area (Å²) in [7, 11) is -0.102. The molecule has 1 atom stereocenters. The van der Waals surface area contributed by atoms with Crippen molar-refractivity contribution in [3.8, 4) is 11.5 Å². The van der Waals surface area contributed by atoms with Gasteiger partial charge in [0.05, 0.1) is 24.8 Å². The number of carbonyl (C=O) groups is 2. The van der Waals surface area contributed by atoms with Gasteiger partial charge in [0.1, 0.15) is 18.4 Å². The average Bonchev–Trinajstić information content (AvgIpc) is 2.94. The van der Waals surface area contributed by atoms with E-state index in [1.54, 1.807) is 6.92 Å². The molecule has 3 rings (SSSR count). The lowest BCUT2D eigenvalue weighted by molar-refractivity contribution is -0.139. The number of sulfonamides is 1. The van der Waals surface area contributed by atoms with Crippen LogP contribution in [0.15, 0.2) is 71.6 Å². The molecule has 0 aliphatic heterocycles. The zero-order valence-electron chi connectivity index (χ0n) is 22.5. The van der Waals surface area contributed by atoms with Gasteiger partial charge in [-0.2, -0.15) is 0 Å². The topological polar surface area (TPSA) is 105 Å². The van der Waals surface area contributed by atoms with Gasteiger partial charge in [-0.3, -0.25) is 13.9 Å². The average molecular weight is 558 g/mol. The maximum absolute atomic E-state index is 13.9. The van der Waals surface area contributed by atoms with Gasteiger partial charge in [0.2, 0.25) is 11.8 Å². The molecule has 0 unspecified atom stereocenters. The molecule has 0 heterocycles. The molecule has 0 saturated heterocycles. The van der Waals surface area contributed by atoms with Crippen LogP contribution in [0.25, 0.3) is 0 Å². The number of likely N-dealkylation sites (N-methyl/N-ethyl adjacent to an activating group) is 1. The van der Waals surface area contributed by atoms with E-state index >= 15 is 0 Å². The Balaban J connectivity index is 2.06. The van der Waals surface area contributed by atoms with Crippen molar-refractivity contribution in [2.24, 2.45) is 0 Å². The van der Waals surface area contributed by atoms with Crippen molar-refractivity contribution in [1.29, 1.82) is 0 Å². The summed E-state index contributed by atoms with van der Waals surface area (Å²) in [5.74, 6) is -1.10. The Morgan fingerprint density at radius 1 is 0.949 bits per heavy atom. The van der Waals surface area contributed by atoms with Gasteiger partial charge < -0.3 is 19.7 Å².